The van der Waals surface area contributed by atoms with Crippen molar-refractivity contribution in [2.75, 3.05) is 12.4 Å². The van der Waals surface area contributed by atoms with Gasteiger partial charge in [-0.25, -0.2) is 4.39 Å². The summed E-state index contributed by atoms with van der Waals surface area (Å²) in [6, 6.07) is 1.34. The third kappa shape index (κ3) is 4.27. The highest BCUT2D eigenvalue weighted by Gasteiger charge is 2.17. The molecule has 1 rings (SSSR count). The van der Waals surface area contributed by atoms with Gasteiger partial charge in [0.1, 0.15) is 0 Å². The zero-order valence-corrected chi connectivity index (χ0v) is 10.4. The number of halogens is 1. The van der Waals surface area contributed by atoms with Crippen molar-refractivity contribution in [3.8, 4) is 5.75 Å². The molecule has 7 heteroatoms. The van der Waals surface area contributed by atoms with E-state index in [9.17, 15) is 12.8 Å². The van der Waals surface area contributed by atoms with Gasteiger partial charge in [-0.1, -0.05) is 6.92 Å². The monoisotopic (exact) mass is 263 g/mol. The summed E-state index contributed by atoms with van der Waals surface area (Å²) in [7, 11) is -4.08. The summed E-state index contributed by atoms with van der Waals surface area (Å²) in [6.45, 7) is 3.58. The second-order valence-corrected chi connectivity index (χ2v) is 5.12. The van der Waals surface area contributed by atoms with Crippen LogP contribution in [0, 0.1) is 5.82 Å². The van der Waals surface area contributed by atoms with Crippen LogP contribution >= 0.6 is 0 Å². The summed E-state index contributed by atoms with van der Waals surface area (Å²) in [6.07, 6.45) is 0.973. The van der Waals surface area contributed by atoms with Gasteiger partial charge < -0.3 is 4.74 Å². The zero-order chi connectivity index (χ0) is 13.1. The lowest BCUT2D eigenvalue weighted by Gasteiger charge is -2.11. The highest BCUT2D eigenvalue weighted by atomic mass is 32.2. The normalized spacial score (nSPS) is 13.4. The minimum Gasteiger partial charge on any atom is -0.491 e. The Morgan fingerprint density at radius 2 is 2.24 bits per heavy atom. The predicted octanol–water partition coefficient (Wildman–Crippen LogP) is 1.61. The van der Waals surface area contributed by atoms with Crippen LogP contribution in [-0.4, -0.2) is 30.3 Å². The van der Waals surface area contributed by atoms with Crippen molar-refractivity contribution < 1.29 is 22.1 Å². The first-order valence-corrected chi connectivity index (χ1v) is 6.67. The van der Waals surface area contributed by atoms with E-state index in [0.29, 0.717) is 12.3 Å². The number of pyridine rings is 1. The van der Waals surface area contributed by atoms with Gasteiger partial charge in [0.05, 0.1) is 18.6 Å². The Labute approximate surface area is 99.4 Å². The van der Waals surface area contributed by atoms with Crippen LogP contribution in [0.5, 0.6) is 5.75 Å². The van der Waals surface area contributed by atoms with Crippen LogP contribution in [0.2, 0.25) is 0 Å². The molecule has 0 aliphatic rings. The van der Waals surface area contributed by atoms with E-state index >= 15 is 0 Å². The SMILES string of the molecule is CCOc1cc([C@@H](C)CS(=O)(=O)O)ncc1F. The summed E-state index contributed by atoms with van der Waals surface area (Å²) >= 11 is 0. The van der Waals surface area contributed by atoms with Gasteiger partial charge in [0, 0.05) is 17.7 Å². The fraction of sp³-hybridized carbons (Fsp3) is 0.500. The Morgan fingerprint density at radius 1 is 1.59 bits per heavy atom. The average molecular weight is 263 g/mol. The van der Waals surface area contributed by atoms with Gasteiger partial charge in [0.2, 0.25) is 0 Å². The molecule has 0 saturated carbocycles. The number of rotatable bonds is 5. The van der Waals surface area contributed by atoms with Gasteiger partial charge in [-0.15, -0.1) is 0 Å². The number of hydrogen-bond donors (Lipinski definition) is 1. The van der Waals surface area contributed by atoms with Gasteiger partial charge in [0.15, 0.2) is 11.6 Å². The molecular weight excluding hydrogens is 249 g/mol. The van der Waals surface area contributed by atoms with E-state index in [-0.39, 0.29) is 5.75 Å². The van der Waals surface area contributed by atoms with Crippen LogP contribution in [0.4, 0.5) is 4.39 Å². The molecule has 0 aromatic carbocycles. The van der Waals surface area contributed by atoms with Crippen molar-refractivity contribution >= 4 is 10.1 Å². The van der Waals surface area contributed by atoms with Crippen molar-refractivity contribution in [1.82, 2.24) is 4.98 Å². The van der Waals surface area contributed by atoms with E-state index in [1.807, 2.05) is 0 Å². The second-order valence-electron chi connectivity index (χ2n) is 3.62. The fourth-order valence-electron chi connectivity index (χ4n) is 1.37. The molecule has 0 saturated heterocycles. The first-order chi connectivity index (χ1) is 7.83. The first kappa shape index (κ1) is 13.9. The molecule has 0 aliphatic heterocycles. The third-order valence-corrected chi connectivity index (χ3v) is 3.03. The van der Waals surface area contributed by atoms with E-state index in [0.717, 1.165) is 6.20 Å². The number of aromatic nitrogens is 1. The molecule has 0 bridgehead atoms. The molecule has 1 N–H and O–H groups in total. The Balaban J connectivity index is 2.95. The second kappa shape index (κ2) is 5.42. The maximum absolute atomic E-state index is 13.2. The highest BCUT2D eigenvalue weighted by molar-refractivity contribution is 7.85. The molecule has 0 fully saturated rings. The van der Waals surface area contributed by atoms with Crippen molar-refractivity contribution in [3.63, 3.8) is 0 Å². The first-order valence-electron chi connectivity index (χ1n) is 5.07. The van der Waals surface area contributed by atoms with Crippen molar-refractivity contribution in [1.29, 1.82) is 0 Å². The summed E-state index contributed by atoms with van der Waals surface area (Å²) in [5, 5.41) is 0. The molecule has 0 aliphatic carbocycles. The third-order valence-electron chi connectivity index (χ3n) is 2.11. The molecule has 0 amide bonds. The van der Waals surface area contributed by atoms with E-state index < -0.39 is 27.6 Å². The van der Waals surface area contributed by atoms with Crippen molar-refractivity contribution in [2.45, 2.75) is 19.8 Å². The molecule has 1 heterocycles. The van der Waals surface area contributed by atoms with E-state index in [1.54, 1.807) is 13.8 Å². The maximum Gasteiger partial charge on any atom is 0.265 e. The van der Waals surface area contributed by atoms with Crippen molar-refractivity contribution in [3.05, 3.63) is 23.8 Å². The quantitative estimate of drug-likeness (QED) is 0.817. The Bertz CT molecular complexity index is 489. The maximum atomic E-state index is 13.2. The van der Waals surface area contributed by atoms with E-state index in [2.05, 4.69) is 4.98 Å². The van der Waals surface area contributed by atoms with Gasteiger partial charge in [-0.2, -0.15) is 8.42 Å². The lowest BCUT2D eigenvalue weighted by molar-refractivity contribution is 0.320. The highest BCUT2D eigenvalue weighted by Crippen LogP contribution is 2.22. The lowest BCUT2D eigenvalue weighted by Crippen LogP contribution is -2.12. The molecule has 0 radical (unpaired) electrons. The van der Waals surface area contributed by atoms with Gasteiger partial charge in [0.25, 0.3) is 10.1 Å². The molecule has 1 atom stereocenters. The van der Waals surface area contributed by atoms with Gasteiger partial charge in [-0.05, 0) is 6.92 Å². The lowest BCUT2D eigenvalue weighted by atomic mass is 10.1. The van der Waals surface area contributed by atoms with Crippen LogP contribution < -0.4 is 4.74 Å². The molecule has 1 aromatic rings. The number of ether oxygens (including phenoxy) is 1. The largest absolute Gasteiger partial charge is 0.491 e. The van der Waals surface area contributed by atoms with Gasteiger partial charge >= 0.3 is 0 Å². The average Bonchev–Trinajstić information content (AvgIpc) is 2.19. The zero-order valence-electron chi connectivity index (χ0n) is 9.55. The van der Waals surface area contributed by atoms with Crippen LogP contribution in [-0.2, 0) is 10.1 Å². The standard InChI is InChI=1S/C10H14FNO4S/c1-3-16-10-4-9(12-5-8(10)11)7(2)6-17(13,14)15/h4-5,7H,3,6H2,1-2H3,(H,13,14,15)/t7-/m0/s1. The molecule has 17 heavy (non-hydrogen) atoms. The van der Waals surface area contributed by atoms with Crippen LogP contribution in [0.25, 0.3) is 0 Å². The summed E-state index contributed by atoms with van der Waals surface area (Å²) in [5.74, 6) is -1.57. The van der Waals surface area contributed by atoms with Crippen LogP contribution in [0.15, 0.2) is 12.3 Å². The molecule has 0 spiro atoms. The fourth-order valence-corrected chi connectivity index (χ4v) is 2.17. The van der Waals surface area contributed by atoms with E-state index in [1.165, 1.54) is 6.07 Å². The summed E-state index contributed by atoms with van der Waals surface area (Å²) in [5.41, 5.74) is 0.354. The predicted molar refractivity (Wildman–Crippen MR) is 60.2 cm³/mol. The van der Waals surface area contributed by atoms with E-state index in [4.69, 9.17) is 9.29 Å². The molecule has 5 nitrogen and oxygen atoms in total. The van der Waals surface area contributed by atoms with Crippen LogP contribution in [0.1, 0.15) is 25.5 Å². The van der Waals surface area contributed by atoms with Crippen molar-refractivity contribution in [2.24, 2.45) is 0 Å². The Morgan fingerprint density at radius 3 is 2.76 bits per heavy atom. The summed E-state index contributed by atoms with van der Waals surface area (Å²) in [4.78, 5) is 3.77. The molecular formula is C10H14FNO4S. The molecule has 1 aromatic heterocycles. The van der Waals surface area contributed by atoms with Gasteiger partial charge in [-0.3, -0.25) is 9.54 Å². The minimum atomic E-state index is -4.08. The Kier molecular flexibility index (Phi) is 4.41. The Hall–Kier alpha value is -1.21. The molecule has 96 valence electrons. The molecule has 0 unspecified atom stereocenters. The summed E-state index contributed by atoms with van der Waals surface area (Å²) < 4.78 is 48.4. The van der Waals surface area contributed by atoms with Crippen LogP contribution in [0.3, 0.4) is 0 Å². The smallest absolute Gasteiger partial charge is 0.265 e. The topological polar surface area (TPSA) is 76.5 Å². The number of hydrogen-bond acceptors (Lipinski definition) is 4. The minimum absolute atomic E-state index is 0.0275. The number of nitrogens with zero attached hydrogens (tertiary/aromatic N) is 1.